The van der Waals surface area contributed by atoms with Gasteiger partial charge in [-0.25, -0.2) is 0 Å². The fourth-order valence-corrected chi connectivity index (χ4v) is 3.97. The van der Waals surface area contributed by atoms with Gasteiger partial charge in [0.1, 0.15) is 0 Å². The van der Waals surface area contributed by atoms with E-state index in [0.717, 1.165) is 24.6 Å². The van der Waals surface area contributed by atoms with Gasteiger partial charge in [-0.2, -0.15) is 0 Å². The molecule has 1 amide bonds. The minimum Gasteiger partial charge on any atom is -0.459 e. The largest absolute Gasteiger partial charge is 0.459 e. The van der Waals surface area contributed by atoms with Crippen molar-refractivity contribution in [1.82, 2.24) is 10.2 Å². The number of furan rings is 1. The van der Waals surface area contributed by atoms with Gasteiger partial charge >= 0.3 is 0 Å². The number of hydrogen-bond acceptors (Lipinski definition) is 4. The molecule has 23 heavy (non-hydrogen) atoms. The molecule has 0 saturated carbocycles. The van der Waals surface area contributed by atoms with Gasteiger partial charge in [-0.1, -0.05) is 13.0 Å². The van der Waals surface area contributed by atoms with E-state index in [-0.39, 0.29) is 11.9 Å². The molecule has 0 radical (unpaired) electrons. The summed E-state index contributed by atoms with van der Waals surface area (Å²) in [6.45, 7) is 7.02. The number of likely N-dealkylation sites (tertiary alicyclic amines) is 1. The van der Waals surface area contributed by atoms with E-state index in [4.69, 9.17) is 4.42 Å². The minimum atomic E-state index is -0.126. The Kier molecular flexibility index (Phi) is 5.18. The van der Waals surface area contributed by atoms with Crippen molar-refractivity contribution < 1.29 is 9.21 Å². The van der Waals surface area contributed by atoms with Gasteiger partial charge in [0.05, 0.1) is 12.3 Å². The molecular weight excluding hydrogens is 308 g/mol. The number of nitrogens with zero attached hydrogens (tertiary/aromatic N) is 1. The van der Waals surface area contributed by atoms with E-state index in [1.54, 1.807) is 17.6 Å². The van der Waals surface area contributed by atoms with Crippen molar-refractivity contribution >= 4 is 17.2 Å². The predicted octanol–water partition coefficient (Wildman–Crippen LogP) is 3.85. The van der Waals surface area contributed by atoms with E-state index in [1.165, 1.54) is 17.7 Å². The fourth-order valence-electron chi connectivity index (χ4n) is 3.11. The third kappa shape index (κ3) is 3.85. The van der Waals surface area contributed by atoms with Crippen LogP contribution in [0.15, 0.2) is 34.3 Å². The molecule has 1 atom stereocenters. The molecule has 1 N–H and O–H groups in total. The Labute approximate surface area is 141 Å². The number of thiophene rings is 1. The van der Waals surface area contributed by atoms with E-state index in [2.05, 4.69) is 34.7 Å². The molecule has 0 aromatic carbocycles. The Morgan fingerprint density at radius 3 is 2.83 bits per heavy atom. The molecule has 2 aromatic heterocycles. The minimum absolute atomic E-state index is 0.126. The van der Waals surface area contributed by atoms with Crippen molar-refractivity contribution in [3.05, 3.63) is 46.0 Å². The second-order valence-corrected chi connectivity index (χ2v) is 7.37. The molecular formula is C18H24N2O2S. The lowest BCUT2D eigenvalue weighted by Gasteiger charge is -2.36. The Morgan fingerprint density at radius 2 is 2.22 bits per heavy atom. The molecule has 1 aliphatic rings. The maximum absolute atomic E-state index is 12.3. The topological polar surface area (TPSA) is 45.5 Å². The quantitative estimate of drug-likeness (QED) is 0.904. The van der Waals surface area contributed by atoms with Crippen molar-refractivity contribution in [3.63, 3.8) is 0 Å². The van der Waals surface area contributed by atoms with Gasteiger partial charge in [-0.05, 0) is 56.3 Å². The van der Waals surface area contributed by atoms with Gasteiger partial charge in [0, 0.05) is 17.0 Å². The Balaban J connectivity index is 1.67. The average molecular weight is 332 g/mol. The first-order chi connectivity index (χ1) is 11.1. The van der Waals surface area contributed by atoms with E-state index >= 15 is 0 Å². The summed E-state index contributed by atoms with van der Waals surface area (Å²) >= 11 is 1.76. The number of aryl methyl sites for hydroxylation is 1. The lowest BCUT2D eigenvalue weighted by atomic mass is 9.97. The first kappa shape index (κ1) is 16.3. The van der Waals surface area contributed by atoms with E-state index in [1.807, 2.05) is 13.0 Å². The van der Waals surface area contributed by atoms with Crippen molar-refractivity contribution in [3.8, 4) is 0 Å². The predicted molar refractivity (Wildman–Crippen MR) is 92.8 cm³/mol. The monoisotopic (exact) mass is 332 g/mol. The van der Waals surface area contributed by atoms with Gasteiger partial charge in [0.25, 0.3) is 5.91 Å². The fraction of sp³-hybridized carbons (Fsp3) is 0.500. The summed E-state index contributed by atoms with van der Waals surface area (Å²) in [5, 5.41) is 5.16. The SMILES string of the molecule is Cc1ccoc1C(=O)NCC(c1cccs1)N1CCC(C)CC1. The van der Waals surface area contributed by atoms with Crippen LogP contribution in [0.1, 0.15) is 46.8 Å². The summed E-state index contributed by atoms with van der Waals surface area (Å²) in [4.78, 5) is 16.1. The Bertz CT molecular complexity index is 627. The lowest BCUT2D eigenvalue weighted by molar-refractivity contribution is 0.0887. The molecule has 1 saturated heterocycles. The average Bonchev–Trinajstić information content (AvgIpc) is 3.20. The number of amides is 1. The van der Waals surface area contributed by atoms with Crippen LogP contribution in [0, 0.1) is 12.8 Å². The molecule has 0 bridgehead atoms. The van der Waals surface area contributed by atoms with E-state index in [9.17, 15) is 4.79 Å². The van der Waals surface area contributed by atoms with Gasteiger partial charge in [-0.15, -0.1) is 11.3 Å². The maximum Gasteiger partial charge on any atom is 0.287 e. The molecule has 1 unspecified atom stereocenters. The summed E-state index contributed by atoms with van der Waals surface area (Å²) in [5.41, 5.74) is 0.877. The molecule has 124 valence electrons. The molecule has 0 aliphatic carbocycles. The third-order valence-electron chi connectivity index (χ3n) is 4.65. The standard InChI is InChI=1S/C18H24N2O2S/c1-13-5-8-20(9-6-13)15(16-4-3-11-23-16)12-19-18(21)17-14(2)7-10-22-17/h3-4,7,10-11,13,15H,5-6,8-9,12H2,1-2H3,(H,19,21). The number of rotatable bonds is 5. The first-order valence-electron chi connectivity index (χ1n) is 8.25. The van der Waals surface area contributed by atoms with Crippen molar-refractivity contribution in [2.24, 2.45) is 5.92 Å². The number of piperidine rings is 1. The highest BCUT2D eigenvalue weighted by Crippen LogP contribution is 2.29. The molecule has 0 spiro atoms. The van der Waals surface area contributed by atoms with Crippen LogP contribution in [0.3, 0.4) is 0 Å². The summed E-state index contributed by atoms with van der Waals surface area (Å²) in [6, 6.07) is 6.31. The van der Waals surface area contributed by atoms with Gasteiger partial charge in [0.2, 0.25) is 0 Å². The summed E-state index contributed by atoms with van der Waals surface area (Å²) in [7, 11) is 0. The second kappa shape index (κ2) is 7.32. The normalized spacial score (nSPS) is 18.0. The highest BCUT2D eigenvalue weighted by atomic mass is 32.1. The van der Waals surface area contributed by atoms with Crippen LogP contribution in [0.25, 0.3) is 0 Å². The van der Waals surface area contributed by atoms with Crippen LogP contribution < -0.4 is 5.32 Å². The highest BCUT2D eigenvalue weighted by molar-refractivity contribution is 7.10. The zero-order chi connectivity index (χ0) is 16.2. The van der Waals surface area contributed by atoms with Crippen molar-refractivity contribution in [2.45, 2.75) is 32.7 Å². The zero-order valence-electron chi connectivity index (χ0n) is 13.7. The molecule has 1 fully saturated rings. The van der Waals surface area contributed by atoms with Crippen LogP contribution in [0.4, 0.5) is 0 Å². The molecule has 2 aromatic rings. The highest BCUT2D eigenvalue weighted by Gasteiger charge is 2.26. The van der Waals surface area contributed by atoms with Gasteiger partial charge in [0.15, 0.2) is 5.76 Å². The van der Waals surface area contributed by atoms with Crippen LogP contribution in [0.5, 0.6) is 0 Å². The number of carbonyl (C=O) groups is 1. The lowest BCUT2D eigenvalue weighted by Crippen LogP contribution is -2.41. The van der Waals surface area contributed by atoms with Gasteiger partial charge < -0.3 is 9.73 Å². The molecule has 3 rings (SSSR count). The van der Waals surface area contributed by atoms with Crippen molar-refractivity contribution in [2.75, 3.05) is 19.6 Å². The first-order valence-corrected chi connectivity index (χ1v) is 9.13. The number of hydrogen-bond donors (Lipinski definition) is 1. The van der Waals surface area contributed by atoms with Crippen LogP contribution in [-0.4, -0.2) is 30.4 Å². The Hall–Kier alpha value is -1.59. The van der Waals surface area contributed by atoms with Gasteiger partial charge in [-0.3, -0.25) is 9.69 Å². The zero-order valence-corrected chi connectivity index (χ0v) is 14.6. The number of nitrogens with one attached hydrogen (secondary N) is 1. The second-order valence-electron chi connectivity index (χ2n) is 6.39. The van der Waals surface area contributed by atoms with Crippen LogP contribution in [0.2, 0.25) is 0 Å². The summed E-state index contributed by atoms with van der Waals surface area (Å²) in [5.74, 6) is 1.09. The van der Waals surface area contributed by atoms with E-state index < -0.39 is 0 Å². The van der Waals surface area contributed by atoms with Crippen LogP contribution in [-0.2, 0) is 0 Å². The smallest absolute Gasteiger partial charge is 0.287 e. The Morgan fingerprint density at radius 1 is 1.43 bits per heavy atom. The molecule has 3 heterocycles. The molecule has 4 nitrogen and oxygen atoms in total. The molecule has 5 heteroatoms. The third-order valence-corrected chi connectivity index (χ3v) is 5.63. The maximum atomic E-state index is 12.3. The molecule has 1 aliphatic heterocycles. The van der Waals surface area contributed by atoms with E-state index in [0.29, 0.717) is 12.3 Å². The number of carbonyl (C=O) groups excluding carboxylic acids is 1. The summed E-state index contributed by atoms with van der Waals surface area (Å²) in [6.07, 6.45) is 4.02. The summed E-state index contributed by atoms with van der Waals surface area (Å²) < 4.78 is 5.29. The van der Waals surface area contributed by atoms with Crippen molar-refractivity contribution in [1.29, 1.82) is 0 Å². The van der Waals surface area contributed by atoms with Crippen LogP contribution >= 0.6 is 11.3 Å².